The van der Waals surface area contributed by atoms with Crippen LogP contribution in [0.2, 0.25) is 0 Å². The van der Waals surface area contributed by atoms with Gasteiger partial charge in [0, 0.05) is 21.8 Å². The lowest BCUT2D eigenvalue weighted by Crippen LogP contribution is -2.30. The average Bonchev–Trinajstić information content (AvgIpc) is 3.00. The van der Waals surface area contributed by atoms with Crippen molar-refractivity contribution in [3.05, 3.63) is 143 Å². The van der Waals surface area contributed by atoms with E-state index in [9.17, 15) is 14.4 Å². The average molecular weight is 586 g/mol. The van der Waals surface area contributed by atoms with E-state index in [-0.39, 0.29) is 23.3 Å². The zero-order valence-corrected chi connectivity index (χ0v) is 24.7. The van der Waals surface area contributed by atoms with Crippen molar-refractivity contribution >= 4 is 57.7 Å². The van der Waals surface area contributed by atoms with Crippen LogP contribution in [0.1, 0.15) is 27.0 Å². The minimum absolute atomic E-state index is 0.0928. The molecule has 0 bridgehead atoms. The Morgan fingerprint density at radius 1 is 0.698 bits per heavy atom. The maximum Gasteiger partial charge on any atom is 0.272 e. The van der Waals surface area contributed by atoms with Gasteiger partial charge in [0.05, 0.1) is 5.75 Å². The van der Waals surface area contributed by atoms with Gasteiger partial charge in [-0.2, -0.15) is 0 Å². The maximum absolute atomic E-state index is 13.5. The van der Waals surface area contributed by atoms with E-state index in [2.05, 4.69) is 22.0 Å². The van der Waals surface area contributed by atoms with Crippen LogP contribution in [0.3, 0.4) is 0 Å². The lowest BCUT2D eigenvalue weighted by Gasteiger charge is -2.13. The maximum atomic E-state index is 13.5. The molecule has 0 spiro atoms. The first kappa shape index (κ1) is 29.4. The molecule has 0 saturated heterocycles. The Labute approximate surface area is 255 Å². The van der Waals surface area contributed by atoms with Gasteiger partial charge in [-0.3, -0.25) is 14.4 Å². The van der Waals surface area contributed by atoms with E-state index in [1.54, 1.807) is 42.5 Å². The molecule has 5 aromatic rings. The van der Waals surface area contributed by atoms with Crippen LogP contribution in [0.5, 0.6) is 0 Å². The zero-order chi connectivity index (χ0) is 30.2. The molecule has 0 aliphatic heterocycles. The van der Waals surface area contributed by atoms with Crippen LogP contribution >= 0.6 is 11.8 Å². The topological polar surface area (TPSA) is 87.3 Å². The van der Waals surface area contributed by atoms with E-state index < -0.39 is 5.91 Å². The number of amides is 3. The van der Waals surface area contributed by atoms with Gasteiger partial charge < -0.3 is 16.0 Å². The normalized spacial score (nSPS) is 11.2. The Hall–Kier alpha value is -5.14. The fraction of sp³-hybridized carbons (Fsp3) is 0.0833. The van der Waals surface area contributed by atoms with Gasteiger partial charge in [0.2, 0.25) is 5.91 Å². The van der Waals surface area contributed by atoms with E-state index in [4.69, 9.17) is 0 Å². The van der Waals surface area contributed by atoms with Gasteiger partial charge in [-0.1, -0.05) is 66.7 Å². The fourth-order valence-electron chi connectivity index (χ4n) is 4.70. The summed E-state index contributed by atoms with van der Waals surface area (Å²) < 4.78 is 0. The second-order valence-corrected chi connectivity index (χ2v) is 11.2. The second-order valence-electron chi connectivity index (χ2n) is 10.1. The summed E-state index contributed by atoms with van der Waals surface area (Å²) in [6, 6.07) is 35.7. The van der Waals surface area contributed by atoms with Gasteiger partial charge in [0.15, 0.2) is 0 Å². The fourth-order valence-corrected chi connectivity index (χ4v) is 5.40. The second kappa shape index (κ2) is 13.7. The van der Waals surface area contributed by atoms with Crippen LogP contribution in [-0.4, -0.2) is 23.5 Å². The quantitative estimate of drug-likeness (QED) is 0.123. The molecule has 5 aromatic carbocycles. The summed E-state index contributed by atoms with van der Waals surface area (Å²) in [6.07, 6.45) is 1.69. The molecule has 0 aliphatic rings. The van der Waals surface area contributed by atoms with E-state index in [0.717, 1.165) is 38.0 Å². The number of thioether (sulfide) groups is 1. The minimum atomic E-state index is -0.453. The van der Waals surface area contributed by atoms with Crippen LogP contribution in [0, 0.1) is 13.8 Å². The molecule has 6 nitrogen and oxygen atoms in total. The number of carbonyl (C=O) groups is 3. The van der Waals surface area contributed by atoms with Crippen molar-refractivity contribution in [1.82, 2.24) is 5.32 Å². The van der Waals surface area contributed by atoms with Crippen LogP contribution < -0.4 is 16.0 Å². The molecule has 43 heavy (non-hydrogen) atoms. The van der Waals surface area contributed by atoms with Crippen LogP contribution in [0.25, 0.3) is 16.8 Å². The molecular formula is C36H31N3O3S. The molecule has 0 heterocycles. The van der Waals surface area contributed by atoms with Crippen molar-refractivity contribution < 1.29 is 14.4 Å². The lowest BCUT2D eigenvalue weighted by molar-refractivity contribution is -0.114. The molecule has 0 atom stereocenters. The summed E-state index contributed by atoms with van der Waals surface area (Å²) in [6.45, 7) is 3.99. The van der Waals surface area contributed by atoms with E-state index in [1.807, 2.05) is 86.6 Å². The Bertz CT molecular complexity index is 1790. The van der Waals surface area contributed by atoms with Gasteiger partial charge >= 0.3 is 0 Å². The third-order valence-corrected chi connectivity index (χ3v) is 7.65. The third kappa shape index (κ3) is 7.99. The summed E-state index contributed by atoms with van der Waals surface area (Å²) in [7, 11) is 0. The summed E-state index contributed by atoms with van der Waals surface area (Å²) in [5, 5.41) is 10.6. The molecule has 0 unspecified atom stereocenters. The summed E-state index contributed by atoms with van der Waals surface area (Å²) in [4.78, 5) is 39.9. The molecule has 0 radical (unpaired) electrons. The van der Waals surface area contributed by atoms with Crippen molar-refractivity contribution in [2.75, 3.05) is 16.4 Å². The first-order chi connectivity index (χ1) is 20.8. The number of hydrogen-bond donors (Lipinski definition) is 3. The number of fused-ring (bicyclic) bond motifs is 1. The zero-order valence-electron chi connectivity index (χ0n) is 23.9. The lowest BCUT2D eigenvalue weighted by atomic mass is 10.0. The highest BCUT2D eigenvalue weighted by atomic mass is 32.2. The van der Waals surface area contributed by atoms with Crippen LogP contribution in [0.4, 0.5) is 11.4 Å². The Balaban J connectivity index is 1.28. The van der Waals surface area contributed by atoms with Crippen molar-refractivity contribution in [3.8, 4) is 0 Å². The van der Waals surface area contributed by atoms with Crippen molar-refractivity contribution in [2.24, 2.45) is 0 Å². The Morgan fingerprint density at radius 3 is 2.12 bits per heavy atom. The Kier molecular flexibility index (Phi) is 9.34. The largest absolute Gasteiger partial charge is 0.325 e. The highest BCUT2D eigenvalue weighted by Crippen LogP contribution is 2.23. The van der Waals surface area contributed by atoms with E-state index in [1.165, 1.54) is 11.8 Å². The smallest absolute Gasteiger partial charge is 0.272 e. The molecule has 0 aliphatic carbocycles. The molecule has 3 amide bonds. The first-order valence-electron chi connectivity index (χ1n) is 13.8. The number of benzene rings is 5. The number of carbonyl (C=O) groups excluding carboxylic acids is 3. The molecule has 5 rings (SSSR count). The molecule has 3 N–H and O–H groups in total. The van der Waals surface area contributed by atoms with E-state index in [0.29, 0.717) is 11.3 Å². The Morgan fingerprint density at radius 2 is 1.37 bits per heavy atom. The third-order valence-electron chi connectivity index (χ3n) is 6.64. The number of nitrogens with one attached hydrogen (secondary N) is 3. The highest BCUT2D eigenvalue weighted by molar-refractivity contribution is 8.00. The van der Waals surface area contributed by atoms with Crippen LogP contribution in [0.15, 0.2) is 126 Å². The summed E-state index contributed by atoms with van der Waals surface area (Å²) in [5.41, 5.74) is 4.90. The molecule has 0 saturated carbocycles. The number of hydrogen-bond acceptors (Lipinski definition) is 4. The molecule has 0 fully saturated rings. The van der Waals surface area contributed by atoms with Gasteiger partial charge in [-0.05, 0) is 95.9 Å². The molecular weight excluding hydrogens is 554 g/mol. The number of anilines is 2. The molecule has 0 aromatic heterocycles. The molecule has 7 heteroatoms. The predicted molar refractivity (Wildman–Crippen MR) is 176 cm³/mol. The van der Waals surface area contributed by atoms with Gasteiger partial charge in [0.1, 0.15) is 5.70 Å². The summed E-state index contributed by atoms with van der Waals surface area (Å²) in [5.74, 6) is -0.675. The van der Waals surface area contributed by atoms with E-state index >= 15 is 0 Å². The van der Waals surface area contributed by atoms with Gasteiger partial charge in [-0.15, -0.1) is 11.8 Å². The van der Waals surface area contributed by atoms with Gasteiger partial charge in [-0.25, -0.2) is 0 Å². The predicted octanol–water partition coefficient (Wildman–Crippen LogP) is 7.60. The highest BCUT2D eigenvalue weighted by Gasteiger charge is 2.16. The van der Waals surface area contributed by atoms with Crippen molar-refractivity contribution in [2.45, 2.75) is 18.7 Å². The van der Waals surface area contributed by atoms with Crippen molar-refractivity contribution in [3.63, 3.8) is 0 Å². The minimum Gasteiger partial charge on any atom is -0.325 e. The summed E-state index contributed by atoms with van der Waals surface area (Å²) >= 11 is 1.41. The standard InChI is InChI=1S/C36H31N3O3S/c1-24-19-25(2)21-30(20-24)37-34(40)23-43-31-17-15-29(16-18-31)38-36(42)33(39-35(41)27-10-4-3-5-11-27)22-28-13-8-12-26-9-6-7-14-32(26)28/h3-22H,23H2,1-2H3,(H,37,40)(H,38,42)(H,39,41)/b33-22-. The van der Waals surface area contributed by atoms with Crippen molar-refractivity contribution in [1.29, 1.82) is 0 Å². The molecule has 214 valence electrons. The van der Waals surface area contributed by atoms with Crippen LogP contribution in [-0.2, 0) is 9.59 Å². The SMILES string of the molecule is Cc1cc(C)cc(NC(=O)CSc2ccc(NC(=O)/C(=C/c3cccc4ccccc34)NC(=O)c3ccccc3)cc2)c1. The first-order valence-corrected chi connectivity index (χ1v) is 14.8. The number of rotatable bonds is 9. The monoisotopic (exact) mass is 585 g/mol. The number of aryl methyl sites for hydroxylation is 2. The van der Waals surface area contributed by atoms with Gasteiger partial charge in [0.25, 0.3) is 11.8 Å².